The molecule has 0 spiro atoms. The molecule has 0 aliphatic heterocycles. The first kappa shape index (κ1) is 18.9. The van der Waals surface area contributed by atoms with Gasteiger partial charge >= 0.3 is 0 Å². The highest BCUT2D eigenvalue weighted by Crippen LogP contribution is 2.14. The Balaban J connectivity index is 2.45. The lowest BCUT2D eigenvalue weighted by molar-refractivity contribution is -0.121. The van der Waals surface area contributed by atoms with Gasteiger partial charge in [0.15, 0.2) is 0 Å². The zero-order valence-corrected chi connectivity index (χ0v) is 14.3. The third-order valence-corrected chi connectivity index (χ3v) is 4.71. The summed E-state index contributed by atoms with van der Waals surface area (Å²) in [6.07, 6.45) is 1.20. The molecule has 0 fully saturated rings. The molecule has 1 N–H and O–H groups in total. The quantitative estimate of drug-likeness (QED) is 0.728. The van der Waals surface area contributed by atoms with E-state index in [-0.39, 0.29) is 32.0 Å². The minimum Gasteiger partial charge on any atom is -0.383 e. The van der Waals surface area contributed by atoms with Gasteiger partial charge in [-0.15, -0.1) is 0 Å². The molecular formula is C14H21ClN2O4S. The molecule has 6 nitrogen and oxygen atoms in total. The van der Waals surface area contributed by atoms with Crippen LogP contribution in [0.15, 0.2) is 24.3 Å². The van der Waals surface area contributed by atoms with E-state index in [1.165, 1.54) is 11.4 Å². The predicted molar refractivity (Wildman–Crippen MR) is 86.2 cm³/mol. The van der Waals surface area contributed by atoms with E-state index in [1.807, 2.05) is 18.2 Å². The van der Waals surface area contributed by atoms with Gasteiger partial charge in [-0.1, -0.05) is 29.8 Å². The third kappa shape index (κ3) is 6.74. The van der Waals surface area contributed by atoms with Gasteiger partial charge in [-0.3, -0.25) is 4.79 Å². The standard InChI is InChI=1S/C14H21ClN2O4S/c1-21-10-9-17(22(2,19)20)8-7-14(18)16-11-12-5-3-4-6-13(12)15/h3-6H,7-11H2,1-2H3,(H,16,18). The first-order valence-electron chi connectivity index (χ1n) is 6.78. The van der Waals surface area contributed by atoms with Crippen molar-refractivity contribution < 1.29 is 17.9 Å². The van der Waals surface area contributed by atoms with Gasteiger partial charge in [0, 0.05) is 38.2 Å². The smallest absolute Gasteiger partial charge is 0.221 e. The molecule has 22 heavy (non-hydrogen) atoms. The van der Waals surface area contributed by atoms with E-state index >= 15 is 0 Å². The van der Waals surface area contributed by atoms with Crippen molar-refractivity contribution in [2.45, 2.75) is 13.0 Å². The lowest BCUT2D eigenvalue weighted by Gasteiger charge is -2.19. The Labute approximate surface area is 136 Å². The van der Waals surface area contributed by atoms with Crippen LogP contribution in [-0.2, 0) is 26.1 Å². The minimum atomic E-state index is -3.35. The Morgan fingerprint density at radius 3 is 2.59 bits per heavy atom. The summed E-state index contributed by atoms with van der Waals surface area (Å²) in [6, 6.07) is 7.22. The van der Waals surface area contributed by atoms with E-state index in [4.69, 9.17) is 16.3 Å². The Morgan fingerprint density at radius 2 is 2.00 bits per heavy atom. The highest BCUT2D eigenvalue weighted by molar-refractivity contribution is 7.88. The van der Waals surface area contributed by atoms with Crippen LogP contribution in [-0.4, -0.2) is 51.7 Å². The molecule has 0 aliphatic carbocycles. The van der Waals surface area contributed by atoms with Crippen LogP contribution in [0, 0.1) is 0 Å². The molecule has 1 aromatic carbocycles. The number of hydrogen-bond acceptors (Lipinski definition) is 4. The summed E-state index contributed by atoms with van der Waals surface area (Å²) in [6.45, 7) is 0.952. The number of rotatable bonds is 9. The first-order chi connectivity index (χ1) is 10.3. The van der Waals surface area contributed by atoms with Crippen molar-refractivity contribution in [2.24, 2.45) is 0 Å². The van der Waals surface area contributed by atoms with Crippen LogP contribution in [0.2, 0.25) is 5.02 Å². The molecule has 0 radical (unpaired) electrons. The van der Waals surface area contributed by atoms with Gasteiger partial charge in [-0.2, -0.15) is 4.31 Å². The molecule has 1 aromatic rings. The van der Waals surface area contributed by atoms with Gasteiger partial charge in [0.05, 0.1) is 12.9 Å². The van der Waals surface area contributed by atoms with E-state index in [9.17, 15) is 13.2 Å². The third-order valence-electron chi connectivity index (χ3n) is 3.04. The highest BCUT2D eigenvalue weighted by Gasteiger charge is 2.17. The summed E-state index contributed by atoms with van der Waals surface area (Å²) in [5.74, 6) is -0.231. The molecule has 8 heteroatoms. The zero-order valence-electron chi connectivity index (χ0n) is 12.7. The lowest BCUT2D eigenvalue weighted by atomic mass is 10.2. The van der Waals surface area contributed by atoms with Gasteiger partial charge in [-0.25, -0.2) is 8.42 Å². The molecule has 1 rings (SSSR count). The average molecular weight is 349 g/mol. The fourth-order valence-corrected chi connectivity index (χ4v) is 2.82. The number of amides is 1. The number of nitrogens with zero attached hydrogens (tertiary/aromatic N) is 1. The van der Waals surface area contributed by atoms with Crippen LogP contribution >= 0.6 is 11.6 Å². The number of ether oxygens (including phenoxy) is 1. The number of hydrogen-bond donors (Lipinski definition) is 1. The van der Waals surface area contributed by atoms with Crippen LogP contribution in [0.3, 0.4) is 0 Å². The minimum absolute atomic E-state index is 0.0846. The van der Waals surface area contributed by atoms with Gasteiger partial charge < -0.3 is 10.1 Å². The van der Waals surface area contributed by atoms with Crippen molar-refractivity contribution in [1.29, 1.82) is 0 Å². The fraction of sp³-hybridized carbons (Fsp3) is 0.500. The number of halogens is 1. The molecule has 0 aromatic heterocycles. The van der Waals surface area contributed by atoms with Crippen LogP contribution in [0.5, 0.6) is 0 Å². The van der Waals surface area contributed by atoms with Gasteiger partial charge in [-0.05, 0) is 11.6 Å². The number of carbonyl (C=O) groups is 1. The van der Waals surface area contributed by atoms with Crippen molar-refractivity contribution in [2.75, 3.05) is 33.1 Å². The molecule has 0 heterocycles. The molecule has 0 saturated heterocycles. The van der Waals surface area contributed by atoms with Crippen LogP contribution in [0.1, 0.15) is 12.0 Å². The van der Waals surface area contributed by atoms with Crippen molar-refractivity contribution >= 4 is 27.5 Å². The maximum absolute atomic E-state index is 11.8. The van der Waals surface area contributed by atoms with Gasteiger partial charge in [0.2, 0.25) is 15.9 Å². The summed E-state index contributed by atoms with van der Waals surface area (Å²) in [5.41, 5.74) is 0.817. The lowest BCUT2D eigenvalue weighted by Crippen LogP contribution is -2.36. The number of benzene rings is 1. The number of carbonyl (C=O) groups excluding carboxylic acids is 1. The molecule has 0 bridgehead atoms. The molecule has 124 valence electrons. The SMILES string of the molecule is COCCN(CCC(=O)NCc1ccccc1Cl)S(C)(=O)=O. The van der Waals surface area contributed by atoms with E-state index in [2.05, 4.69) is 5.32 Å². The summed E-state index contributed by atoms with van der Waals surface area (Å²) < 4.78 is 29.3. The van der Waals surface area contributed by atoms with E-state index in [0.29, 0.717) is 11.6 Å². The molecule has 0 atom stereocenters. The Morgan fingerprint density at radius 1 is 1.32 bits per heavy atom. The second kappa shape index (κ2) is 9.09. The Hall–Kier alpha value is -1.15. The second-order valence-corrected chi connectivity index (χ2v) is 7.16. The molecule has 1 amide bonds. The number of sulfonamides is 1. The highest BCUT2D eigenvalue weighted by atomic mass is 35.5. The van der Waals surface area contributed by atoms with Crippen molar-refractivity contribution in [3.63, 3.8) is 0 Å². The van der Waals surface area contributed by atoms with E-state index in [0.717, 1.165) is 11.8 Å². The Kier molecular flexibility index (Phi) is 7.81. The Bertz CT molecular complexity index is 592. The molecule has 0 aliphatic rings. The van der Waals surface area contributed by atoms with Crippen LogP contribution in [0.25, 0.3) is 0 Å². The van der Waals surface area contributed by atoms with Gasteiger partial charge in [0.1, 0.15) is 0 Å². The van der Waals surface area contributed by atoms with Crippen LogP contribution in [0.4, 0.5) is 0 Å². The normalized spacial score (nSPS) is 11.6. The second-order valence-electron chi connectivity index (χ2n) is 4.77. The van der Waals surface area contributed by atoms with Crippen molar-refractivity contribution in [3.8, 4) is 0 Å². The largest absolute Gasteiger partial charge is 0.383 e. The number of methoxy groups -OCH3 is 1. The summed E-state index contributed by atoms with van der Waals surface area (Å²) in [7, 11) is -1.86. The number of nitrogens with one attached hydrogen (secondary N) is 1. The summed E-state index contributed by atoms with van der Waals surface area (Å²) in [5, 5.41) is 3.31. The first-order valence-corrected chi connectivity index (χ1v) is 9.01. The molecule has 0 unspecified atom stereocenters. The molecule has 0 saturated carbocycles. The van der Waals surface area contributed by atoms with E-state index < -0.39 is 10.0 Å². The fourth-order valence-electron chi connectivity index (χ4n) is 1.79. The molecular weight excluding hydrogens is 328 g/mol. The van der Waals surface area contributed by atoms with Gasteiger partial charge in [0.25, 0.3) is 0 Å². The van der Waals surface area contributed by atoms with Crippen molar-refractivity contribution in [1.82, 2.24) is 9.62 Å². The average Bonchev–Trinajstić information content (AvgIpc) is 2.45. The maximum Gasteiger partial charge on any atom is 0.221 e. The van der Waals surface area contributed by atoms with E-state index in [1.54, 1.807) is 6.07 Å². The topological polar surface area (TPSA) is 75.7 Å². The monoisotopic (exact) mass is 348 g/mol. The summed E-state index contributed by atoms with van der Waals surface area (Å²) in [4.78, 5) is 11.8. The summed E-state index contributed by atoms with van der Waals surface area (Å²) >= 11 is 6.00. The zero-order chi connectivity index (χ0) is 16.6. The van der Waals surface area contributed by atoms with Crippen molar-refractivity contribution in [3.05, 3.63) is 34.9 Å². The van der Waals surface area contributed by atoms with Crippen LogP contribution < -0.4 is 5.32 Å². The maximum atomic E-state index is 11.8. The predicted octanol–water partition coefficient (Wildman–Crippen LogP) is 1.25.